The van der Waals surface area contributed by atoms with E-state index in [1.165, 1.54) is 6.07 Å². The van der Waals surface area contributed by atoms with Gasteiger partial charge in [-0.3, -0.25) is 4.79 Å². The van der Waals surface area contributed by atoms with Gasteiger partial charge in [-0.1, -0.05) is 25.5 Å². The van der Waals surface area contributed by atoms with Gasteiger partial charge in [-0.2, -0.15) is 0 Å². The first-order chi connectivity index (χ1) is 10.5. The number of aryl methyl sites for hydroxylation is 2. The molecule has 2 heterocycles. The molecule has 0 fully saturated rings. The third-order valence-corrected chi connectivity index (χ3v) is 4.16. The normalized spacial score (nSPS) is 13.8. The second-order valence-corrected chi connectivity index (χ2v) is 5.82. The summed E-state index contributed by atoms with van der Waals surface area (Å²) in [6.45, 7) is 6.94. The molecule has 116 valence electrons. The van der Waals surface area contributed by atoms with E-state index in [4.69, 9.17) is 0 Å². The van der Waals surface area contributed by atoms with E-state index in [2.05, 4.69) is 11.9 Å². The van der Waals surface area contributed by atoms with Crippen molar-refractivity contribution < 1.29 is 9.18 Å². The van der Waals surface area contributed by atoms with E-state index in [0.717, 1.165) is 36.3 Å². The lowest BCUT2D eigenvalue weighted by Gasteiger charge is -2.15. The lowest BCUT2D eigenvalue weighted by molar-refractivity contribution is 0.0763. The summed E-state index contributed by atoms with van der Waals surface area (Å²) >= 11 is 0. The molecular weight excluding hydrogens is 281 g/mol. The number of benzene rings is 1. The molecule has 0 radical (unpaired) electrons. The largest absolute Gasteiger partial charge is 0.318 e. The van der Waals surface area contributed by atoms with E-state index in [0.29, 0.717) is 18.1 Å². The zero-order valence-corrected chi connectivity index (χ0v) is 13.2. The first kappa shape index (κ1) is 14.8. The maximum Gasteiger partial charge on any atom is 0.291 e. The number of hydrogen-bond acceptors (Lipinski definition) is 2. The van der Waals surface area contributed by atoms with Gasteiger partial charge in [0.2, 0.25) is 5.82 Å². The van der Waals surface area contributed by atoms with Crippen molar-refractivity contribution in [3.63, 3.8) is 0 Å². The molecule has 0 spiro atoms. The molecule has 0 unspecified atom stereocenters. The minimum Gasteiger partial charge on any atom is -0.318 e. The number of rotatable bonds is 4. The van der Waals surface area contributed by atoms with Crippen molar-refractivity contribution in [2.45, 2.75) is 40.3 Å². The quantitative estimate of drug-likeness (QED) is 0.866. The summed E-state index contributed by atoms with van der Waals surface area (Å²) in [5.41, 5.74) is 2.98. The van der Waals surface area contributed by atoms with Gasteiger partial charge in [0.15, 0.2) is 0 Å². The van der Waals surface area contributed by atoms with Crippen LogP contribution in [0.25, 0.3) is 11.3 Å². The van der Waals surface area contributed by atoms with Gasteiger partial charge in [0.05, 0.1) is 18.1 Å². The molecule has 4 nitrogen and oxygen atoms in total. The molecule has 5 heteroatoms. The Hall–Kier alpha value is -2.17. The summed E-state index contributed by atoms with van der Waals surface area (Å²) in [6.07, 6.45) is 2.02. The molecule has 2 aromatic rings. The highest BCUT2D eigenvalue weighted by Gasteiger charge is 2.32. The van der Waals surface area contributed by atoms with Crippen molar-refractivity contribution in [1.29, 1.82) is 0 Å². The Morgan fingerprint density at radius 1 is 1.32 bits per heavy atom. The van der Waals surface area contributed by atoms with Gasteiger partial charge in [-0.05, 0) is 31.9 Å². The monoisotopic (exact) mass is 301 g/mol. The molecule has 22 heavy (non-hydrogen) atoms. The number of halogens is 1. The summed E-state index contributed by atoms with van der Waals surface area (Å²) in [5.74, 6) is 0.194. The topological polar surface area (TPSA) is 38.1 Å². The van der Waals surface area contributed by atoms with Gasteiger partial charge in [-0.25, -0.2) is 9.37 Å². The van der Waals surface area contributed by atoms with Gasteiger partial charge in [0, 0.05) is 12.1 Å². The molecule has 0 saturated heterocycles. The SMILES string of the molecule is CCCCN1Cn2c(nc(C)c2-c2ccc(C)c(F)c2)C1=O. The predicted molar refractivity (Wildman–Crippen MR) is 83.0 cm³/mol. The van der Waals surface area contributed by atoms with E-state index in [1.807, 2.05) is 17.6 Å². The van der Waals surface area contributed by atoms with Crippen LogP contribution in [0.2, 0.25) is 0 Å². The lowest BCUT2D eigenvalue weighted by atomic mass is 10.1. The van der Waals surface area contributed by atoms with Crippen molar-refractivity contribution in [2.75, 3.05) is 6.54 Å². The van der Waals surface area contributed by atoms with Gasteiger partial charge in [0.1, 0.15) is 5.82 Å². The van der Waals surface area contributed by atoms with E-state index in [-0.39, 0.29) is 11.7 Å². The maximum atomic E-state index is 13.9. The van der Waals surface area contributed by atoms with Gasteiger partial charge in [-0.15, -0.1) is 0 Å². The predicted octanol–water partition coefficient (Wildman–Crippen LogP) is 3.52. The molecular formula is C17H20FN3O. The fourth-order valence-corrected chi connectivity index (χ4v) is 2.88. The summed E-state index contributed by atoms with van der Waals surface area (Å²) in [6, 6.07) is 5.16. The number of fused-ring (bicyclic) bond motifs is 1. The number of carbonyl (C=O) groups is 1. The van der Waals surface area contributed by atoms with Crippen LogP contribution in [0.4, 0.5) is 4.39 Å². The second kappa shape index (κ2) is 5.55. The number of hydrogen-bond donors (Lipinski definition) is 0. The van der Waals surface area contributed by atoms with Crippen LogP contribution in [0, 0.1) is 19.7 Å². The highest BCUT2D eigenvalue weighted by molar-refractivity contribution is 5.94. The number of unbranched alkanes of at least 4 members (excludes halogenated alkanes) is 1. The first-order valence-electron chi connectivity index (χ1n) is 7.65. The molecule has 0 bridgehead atoms. The second-order valence-electron chi connectivity index (χ2n) is 5.82. The van der Waals surface area contributed by atoms with Gasteiger partial charge in [0.25, 0.3) is 5.91 Å². The van der Waals surface area contributed by atoms with Crippen LogP contribution < -0.4 is 0 Å². The smallest absolute Gasteiger partial charge is 0.291 e. The van der Waals surface area contributed by atoms with E-state index in [1.54, 1.807) is 17.9 Å². The van der Waals surface area contributed by atoms with Crippen molar-refractivity contribution in [3.05, 3.63) is 41.1 Å². The van der Waals surface area contributed by atoms with Crippen molar-refractivity contribution in [2.24, 2.45) is 0 Å². The van der Waals surface area contributed by atoms with Crippen LogP contribution in [0.5, 0.6) is 0 Å². The average molecular weight is 301 g/mol. The molecule has 3 rings (SSSR count). The molecule has 0 atom stereocenters. The van der Waals surface area contributed by atoms with Crippen LogP contribution in [-0.4, -0.2) is 26.9 Å². The van der Waals surface area contributed by atoms with Crippen LogP contribution in [-0.2, 0) is 6.67 Å². The summed E-state index contributed by atoms with van der Waals surface area (Å²) in [5, 5.41) is 0. The number of nitrogens with zero attached hydrogens (tertiary/aromatic N) is 3. The zero-order chi connectivity index (χ0) is 15.9. The lowest BCUT2D eigenvalue weighted by Crippen LogP contribution is -2.26. The Balaban J connectivity index is 2.00. The fraction of sp³-hybridized carbons (Fsp3) is 0.412. The molecule has 1 aliphatic rings. The van der Waals surface area contributed by atoms with Gasteiger partial charge >= 0.3 is 0 Å². The highest BCUT2D eigenvalue weighted by Crippen LogP contribution is 2.30. The Kier molecular flexibility index (Phi) is 3.72. The number of amides is 1. The minimum absolute atomic E-state index is 0.0321. The third kappa shape index (κ3) is 2.30. The average Bonchev–Trinajstić information content (AvgIpc) is 2.96. The summed E-state index contributed by atoms with van der Waals surface area (Å²) in [7, 11) is 0. The molecule has 0 aliphatic carbocycles. The van der Waals surface area contributed by atoms with Crippen LogP contribution >= 0.6 is 0 Å². The summed E-state index contributed by atoms with van der Waals surface area (Å²) in [4.78, 5) is 18.6. The first-order valence-corrected chi connectivity index (χ1v) is 7.65. The Morgan fingerprint density at radius 3 is 2.77 bits per heavy atom. The molecule has 1 aromatic heterocycles. The number of aromatic nitrogens is 2. The van der Waals surface area contributed by atoms with Gasteiger partial charge < -0.3 is 9.47 Å². The third-order valence-electron chi connectivity index (χ3n) is 4.16. The zero-order valence-electron chi connectivity index (χ0n) is 13.2. The molecule has 1 amide bonds. The van der Waals surface area contributed by atoms with Crippen LogP contribution in [0.3, 0.4) is 0 Å². The number of imidazole rings is 1. The number of carbonyl (C=O) groups excluding carboxylic acids is 1. The molecule has 0 N–H and O–H groups in total. The van der Waals surface area contributed by atoms with Crippen molar-refractivity contribution >= 4 is 5.91 Å². The molecule has 1 aliphatic heterocycles. The Bertz CT molecular complexity index is 736. The van der Waals surface area contributed by atoms with E-state index >= 15 is 0 Å². The standard InChI is InChI=1S/C17H20FN3O/c1-4-5-8-20-10-21-15(12(3)19-16(21)17(20)22)13-7-6-11(2)14(18)9-13/h6-7,9H,4-5,8,10H2,1-3H3. The minimum atomic E-state index is -0.236. The van der Waals surface area contributed by atoms with E-state index in [9.17, 15) is 9.18 Å². The highest BCUT2D eigenvalue weighted by atomic mass is 19.1. The Labute approximate surface area is 129 Å². The molecule has 1 aromatic carbocycles. The van der Waals surface area contributed by atoms with Crippen molar-refractivity contribution in [1.82, 2.24) is 14.5 Å². The molecule has 0 saturated carbocycles. The van der Waals surface area contributed by atoms with Crippen molar-refractivity contribution in [3.8, 4) is 11.3 Å². The summed E-state index contributed by atoms with van der Waals surface area (Å²) < 4.78 is 15.8. The van der Waals surface area contributed by atoms with Crippen LogP contribution in [0.1, 0.15) is 41.6 Å². The van der Waals surface area contributed by atoms with E-state index < -0.39 is 0 Å². The maximum absolute atomic E-state index is 13.9. The van der Waals surface area contributed by atoms with Crippen LogP contribution in [0.15, 0.2) is 18.2 Å². The Morgan fingerprint density at radius 2 is 2.09 bits per heavy atom. The fourth-order valence-electron chi connectivity index (χ4n) is 2.88.